The molecule has 0 spiro atoms. The molecule has 0 aliphatic rings. The Kier molecular flexibility index (Phi) is 5.56. The van der Waals surface area contributed by atoms with E-state index in [1.165, 1.54) is 13.1 Å². The van der Waals surface area contributed by atoms with Crippen molar-refractivity contribution in [2.45, 2.75) is 47.6 Å². The van der Waals surface area contributed by atoms with Crippen LogP contribution in [-0.4, -0.2) is 24.0 Å². The third-order valence-electron chi connectivity index (χ3n) is 2.80. The molecule has 0 saturated carbocycles. The van der Waals surface area contributed by atoms with Crippen molar-refractivity contribution in [1.29, 1.82) is 0 Å². The summed E-state index contributed by atoms with van der Waals surface area (Å²) in [6, 6.07) is 0.691. The molecule has 74 valence electrons. The first-order valence-electron chi connectivity index (χ1n) is 5.23. The first kappa shape index (κ1) is 12.0. The number of hydrogen-bond acceptors (Lipinski definition) is 1. The maximum absolute atomic E-state index is 2.53. The van der Waals surface area contributed by atoms with E-state index in [2.05, 4.69) is 46.4 Å². The monoisotopic (exact) mass is 171 g/mol. The molecule has 0 aromatic carbocycles. The molecular weight excluding hydrogens is 146 g/mol. The molecule has 0 fully saturated rings. The van der Waals surface area contributed by atoms with Gasteiger partial charge < -0.3 is 4.90 Å². The zero-order valence-electron chi connectivity index (χ0n) is 9.59. The van der Waals surface area contributed by atoms with E-state index >= 15 is 0 Å². The summed E-state index contributed by atoms with van der Waals surface area (Å²) in [4.78, 5) is 2.53. The number of hydrogen-bond donors (Lipinski definition) is 0. The maximum atomic E-state index is 2.53. The molecule has 1 atom stereocenters. The zero-order valence-corrected chi connectivity index (χ0v) is 9.59. The topological polar surface area (TPSA) is 3.24 Å². The van der Waals surface area contributed by atoms with E-state index in [9.17, 15) is 0 Å². The fraction of sp³-hybridized carbons (Fsp3) is 1.00. The van der Waals surface area contributed by atoms with Crippen molar-refractivity contribution >= 4 is 0 Å². The molecule has 0 saturated heterocycles. The molecule has 0 heterocycles. The summed E-state index contributed by atoms with van der Waals surface area (Å²) < 4.78 is 0. The van der Waals surface area contributed by atoms with Gasteiger partial charge in [0, 0.05) is 12.6 Å². The van der Waals surface area contributed by atoms with Crippen molar-refractivity contribution in [3.05, 3.63) is 0 Å². The van der Waals surface area contributed by atoms with Gasteiger partial charge in [0.1, 0.15) is 0 Å². The van der Waals surface area contributed by atoms with Gasteiger partial charge >= 0.3 is 0 Å². The highest BCUT2D eigenvalue weighted by atomic mass is 15.1. The van der Waals surface area contributed by atoms with E-state index in [0.29, 0.717) is 6.04 Å². The first-order valence-corrected chi connectivity index (χ1v) is 5.23. The first-order chi connectivity index (χ1) is 5.49. The van der Waals surface area contributed by atoms with Crippen molar-refractivity contribution in [3.8, 4) is 0 Å². The van der Waals surface area contributed by atoms with E-state index < -0.39 is 0 Å². The van der Waals surface area contributed by atoms with E-state index in [4.69, 9.17) is 0 Å². The molecule has 1 unspecified atom stereocenters. The molecule has 0 radical (unpaired) electrons. The predicted octanol–water partition coefficient (Wildman–Crippen LogP) is 3.01. The van der Waals surface area contributed by atoms with E-state index in [-0.39, 0.29) is 0 Å². The van der Waals surface area contributed by atoms with Gasteiger partial charge in [0.2, 0.25) is 0 Å². The average molecular weight is 171 g/mol. The Labute approximate surface area is 78.1 Å². The van der Waals surface area contributed by atoms with Gasteiger partial charge in [0.25, 0.3) is 0 Å². The van der Waals surface area contributed by atoms with Crippen LogP contribution in [0.3, 0.4) is 0 Å². The molecule has 1 heteroatoms. The summed E-state index contributed by atoms with van der Waals surface area (Å²) in [6.45, 7) is 16.2. The van der Waals surface area contributed by atoms with Gasteiger partial charge in [0.15, 0.2) is 0 Å². The van der Waals surface area contributed by atoms with Gasteiger partial charge in [-0.05, 0) is 32.2 Å². The van der Waals surface area contributed by atoms with Gasteiger partial charge in [-0.1, -0.05) is 27.7 Å². The quantitative estimate of drug-likeness (QED) is 0.614. The van der Waals surface area contributed by atoms with Crippen molar-refractivity contribution in [3.63, 3.8) is 0 Å². The van der Waals surface area contributed by atoms with Crippen LogP contribution >= 0.6 is 0 Å². The Morgan fingerprint density at radius 3 is 1.75 bits per heavy atom. The Morgan fingerprint density at radius 1 is 1.00 bits per heavy atom. The highest BCUT2D eigenvalue weighted by molar-refractivity contribution is 4.66. The lowest BCUT2D eigenvalue weighted by Crippen LogP contribution is -2.35. The van der Waals surface area contributed by atoms with Crippen LogP contribution in [0.5, 0.6) is 0 Å². The molecule has 0 amide bonds. The molecular formula is C11H25N. The van der Waals surface area contributed by atoms with Crippen LogP contribution in [0.15, 0.2) is 0 Å². The smallest absolute Gasteiger partial charge is 0.00385 e. The van der Waals surface area contributed by atoms with E-state index in [1.807, 2.05) is 0 Å². The third-order valence-corrected chi connectivity index (χ3v) is 2.80. The molecule has 0 aromatic rings. The SMILES string of the molecule is CCN(CC(C)C(C)C)C(C)C. The normalized spacial score (nSPS) is 14.8. The minimum absolute atomic E-state index is 0.691. The highest BCUT2D eigenvalue weighted by Gasteiger charge is 2.13. The molecule has 12 heavy (non-hydrogen) atoms. The largest absolute Gasteiger partial charge is 0.301 e. The van der Waals surface area contributed by atoms with Gasteiger partial charge in [-0.2, -0.15) is 0 Å². The van der Waals surface area contributed by atoms with Crippen LogP contribution in [0.2, 0.25) is 0 Å². The van der Waals surface area contributed by atoms with Gasteiger partial charge in [-0.3, -0.25) is 0 Å². The third kappa shape index (κ3) is 4.10. The second-order valence-electron chi connectivity index (χ2n) is 4.40. The van der Waals surface area contributed by atoms with Crippen molar-refractivity contribution in [2.75, 3.05) is 13.1 Å². The Hall–Kier alpha value is -0.0400. The summed E-state index contributed by atoms with van der Waals surface area (Å²) in [7, 11) is 0. The van der Waals surface area contributed by atoms with Crippen LogP contribution in [0, 0.1) is 11.8 Å². The molecule has 0 N–H and O–H groups in total. The minimum Gasteiger partial charge on any atom is -0.301 e. The Balaban J connectivity index is 3.85. The standard InChI is InChI=1S/C11H25N/c1-7-12(10(4)5)8-11(6)9(2)3/h9-11H,7-8H2,1-6H3. The maximum Gasteiger partial charge on any atom is 0.00385 e. The molecule has 0 aliphatic heterocycles. The summed E-state index contributed by atoms with van der Waals surface area (Å²) in [5.41, 5.74) is 0. The minimum atomic E-state index is 0.691. The Morgan fingerprint density at radius 2 is 1.50 bits per heavy atom. The second-order valence-corrected chi connectivity index (χ2v) is 4.40. The number of rotatable bonds is 5. The van der Waals surface area contributed by atoms with Crippen molar-refractivity contribution in [1.82, 2.24) is 4.90 Å². The lowest BCUT2D eigenvalue weighted by molar-refractivity contribution is 0.181. The van der Waals surface area contributed by atoms with E-state index in [1.54, 1.807) is 0 Å². The average Bonchev–Trinajstić information content (AvgIpc) is 1.98. The highest BCUT2D eigenvalue weighted by Crippen LogP contribution is 2.12. The van der Waals surface area contributed by atoms with Gasteiger partial charge in [0.05, 0.1) is 0 Å². The van der Waals surface area contributed by atoms with E-state index in [0.717, 1.165) is 11.8 Å². The molecule has 0 rings (SSSR count). The van der Waals surface area contributed by atoms with Crippen LogP contribution < -0.4 is 0 Å². The van der Waals surface area contributed by atoms with Crippen LogP contribution in [0.4, 0.5) is 0 Å². The van der Waals surface area contributed by atoms with Crippen LogP contribution in [0.25, 0.3) is 0 Å². The summed E-state index contributed by atoms with van der Waals surface area (Å²) in [5, 5.41) is 0. The van der Waals surface area contributed by atoms with Crippen molar-refractivity contribution < 1.29 is 0 Å². The molecule has 0 aromatic heterocycles. The number of nitrogens with zero attached hydrogens (tertiary/aromatic N) is 1. The zero-order chi connectivity index (χ0) is 9.72. The molecule has 0 bridgehead atoms. The van der Waals surface area contributed by atoms with Crippen LogP contribution in [-0.2, 0) is 0 Å². The second kappa shape index (κ2) is 5.58. The predicted molar refractivity (Wildman–Crippen MR) is 56.4 cm³/mol. The summed E-state index contributed by atoms with van der Waals surface area (Å²) >= 11 is 0. The van der Waals surface area contributed by atoms with Crippen molar-refractivity contribution in [2.24, 2.45) is 11.8 Å². The van der Waals surface area contributed by atoms with Crippen LogP contribution in [0.1, 0.15) is 41.5 Å². The Bertz CT molecular complexity index is 108. The molecule has 0 aliphatic carbocycles. The lowest BCUT2D eigenvalue weighted by atomic mass is 9.97. The fourth-order valence-electron chi connectivity index (χ4n) is 1.29. The van der Waals surface area contributed by atoms with Gasteiger partial charge in [-0.25, -0.2) is 0 Å². The fourth-order valence-corrected chi connectivity index (χ4v) is 1.29. The summed E-state index contributed by atoms with van der Waals surface area (Å²) in [6.07, 6.45) is 0. The molecule has 1 nitrogen and oxygen atoms in total. The van der Waals surface area contributed by atoms with Gasteiger partial charge in [-0.15, -0.1) is 0 Å². The lowest BCUT2D eigenvalue weighted by Gasteiger charge is -2.29. The summed E-state index contributed by atoms with van der Waals surface area (Å²) in [5.74, 6) is 1.62.